The van der Waals surface area contributed by atoms with Crippen LogP contribution in [0.1, 0.15) is 87.9 Å². The van der Waals surface area contributed by atoms with Crippen LogP contribution in [0, 0.1) is 5.92 Å². The molecule has 0 radical (unpaired) electrons. The summed E-state index contributed by atoms with van der Waals surface area (Å²) in [5, 5.41) is 11.6. The van der Waals surface area contributed by atoms with E-state index < -0.39 is 0 Å². The summed E-state index contributed by atoms with van der Waals surface area (Å²) in [6, 6.07) is 6.98. The fraction of sp³-hybridized carbons (Fsp3) is 0.696. The second-order valence-electron chi connectivity index (χ2n) is 8.24. The van der Waals surface area contributed by atoms with E-state index in [9.17, 15) is 9.90 Å². The number of benzene rings is 1. The number of hydrogen-bond donors (Lipinski definition) is 1. The minimum Gasteiger partial charge on any atom is -0.507 e. The molecule has 0 bridgehead atoms. The maximum atomic E-state index is 12.9. The quantitative estimate of drug-likeness (QED) is 0.370. The highest BCUT2D eigenvalue weighted by Crippen LogP contribution is 2.43. The van der Waals surface area contributed by atoms with Crippen molar-refractivity contribution in [3.05, 3.63) is 29.8 Å². The largest absolute Gasteiger partial charge is 0.507 e. The summed E-state index contributed by atoms with van der Waals surface area (Å²) in [4.78, 5) is 12.9. The summed E-state index contributed by atoms with van der Waals surface area (Å²) in [7, 11) is 0. The van der Waals surface area contributed by atoms with E-state index in [4.69, 9.17) is 0 Å². The molecule has 2 saturated carbocycles. The Hall–Kier alpha value is -0.610. The summed E-state index contributed by atoms with van der Waals surface area (Å²) < 4.78 is 0.501. The number of phenols is 1. The van der Waals surface area contributed by atoms with Crippen molar-refractivity contribution in [2.75, 3.05) is 0 Å². The van der Waals surface area contributed by atoms with Crippen LogP contribution in [0.4, 0.5) is 0 Å². The first-order valence-electron chi connectivity index (χ1n) is 10.8. The zero-order chi connectivity index (χ0) is 19.1. The van der Waals surface area contributed by atoms with Gasteiger partial charge in [-0.05, 0) is 44.2 Å². The van der Waals surface area contributed by atoms with Crippen molar-refractivity contribution in [2.45, 2.75) is 92.6 Å². The topological polar surface area (TPSA) is 37.3 Å². The molecule has 0 aliphatic heterocycles. The normalized spacial score (nSPS) is 20.7. The Morgan fingerprint density at radius 3 is 2.00 bits per heavy atom. The summed E-state index contributed by atoms with van der Waals surface area (Å²) in [6.45, 7) is 2.05. The van der Waals surface area contributed by atoms with Gasteiger partial charge in [-0.15, -0.1) is 23.5 Å². The lowest BCUT2D eigenvalue weighted by Gasteiger charge is -2.31. The minimum atomic E-state index is -0.0459. The van der Waals surface area contributed by atoms with Crippen LogP contribution >= 0.6 is 23.5 Å². The number of ketones is 1. The van der Waals surface area contributed by atoms with E-state index in [0.29, 0.717) is 10.1 Å². The summed E-state index contributed by atoms with van der Waals surface area (Å²) in [5.41, 5.74) is 0.481. The van der Waals surface area contributed by atoms with Crippen LogP contribution in [-0.2, 0) is 0 Å². The smallest absolute Gasteiger partial charge is 0.169 e. The molecular formula is C23H34O2S2. The number of carbonyl (C=O) groups excluding carboxylic acids is 1. The van der Waals surface area contributed by atoms with Gasteiger partial charge in [0.25, 0.3) is 0 Å². The molecule has 0 aromatic heterocycles. The third-order valence-corrected chi connectivity index (χ3v) is 9.33. The summed E-state index contributed by atoms with van der Waals surface area (Å²) in [5.74, 6) is 0.160. The number of carbonyl (C=O) groups is 1. The monoisotopic (exact) mass is 406 g/mol. The number of aromatic hydroxyl groups is 1. The molecule has 150 valence electrons. The Morgan fingerprint density at radius 1 is 0.963 bits per heavy atom. The van der Waals surface area contributed by atoms with E-state index in [-0.39, 0.29) is 17.5 Å². The first kappa shape index (κ1) is 21.1. The molecule has 2 aliphatic rings. The van der Waals surface area contributed by atoms with Crippen molar-refractivity contribution < 1.29 is 9.90 Å². The molecular weight excluding hydrogens is 372 g/mol. The van der Waals surface area contributed by atoms with E-state index in [2.05, 4.69) is 23.5 Å². The molecule has 27 heavy (non-hydrogen) atoms. The molecule has 1 unspecified atom stereocenters. The standard InChI is InChI=1S/C23H34O2S2/c1-17(23(25)20-14-8-9-15-21(20)24)16-22(26-18-10-4-2-5-11-18)27-19-12-6-3-7-13-19/h8-9,14-15,17-19,22,24H,2-7,10-13,16H2,1H3. The van der Waals surface area contributed by atoms with E-state index in [1.54, 1.807) is 18.2 Å². The predicted octanol–water partition coefficient (Wildman–Crippen LogP) is 7.06. The van der Waals surface area contributed by atoms with Crippen molar-refractivity contribution in [2.24, 2.45) is 5.92 Å². The molecule has 0 spiro atoms. The molecule has 0 saturated heterocycles. The lowest BCUT2D eigenvalue weighted by Crippen LogP contribution is -2.21. The van der Waals surface area contributed by atoms with Gasteiger partial charge in [0.1, 0.15) is 5.75 Å². The van der Waals surface area contributed by atoms with Gasteiger partial charge in [-0.2, -0.15) is 0 Å². The maximum absolute atomic E-state index is 12.9. The van der Waals surface area contributed by atoms with E-state index >= 15 is 0 Å². The van der Waals surface area contributed by atoms with Crippen molar-refractivity contribution in [1.29, 1.82) is 0 Å². The molecule has 0 amide bonds. The second-order valence-corrected chi connectivity index (χ2v) is 11.6. The van der Waals surface area contributed by atoms with Gasteiger partial charge in [-0.3, -0.25) is 4.79 Å². The van der Waals surface area contributed by atoms with Crippen LogP contribution in [0.25, 0.3) is 0 Å². The van der Waals surface area contributed by atoms with E-state index in [1.807, 2.05) is 13.0 Å². The van der Waals surface area contributed by atoms with Crippen LogP contribution < -0.4 is 0 Å². The Kier molecular flexibility index (Phi) is 8.45. The first-order chi connectivity index (χ1) is 13.1. The number of phenolic OH excluding ortho intramolecular Hbond substituents is 1. The zero-order valence-corrected chi connectivity index (χ0v) is 18.2. The van der Waals surface area contributed by atoms with E-state index in [0.717, 1.165) is 16.9 Å². The number of para-hydroxylation sites is 1. The van der Waals surface area contributed by atoms with Crippen LogP contribution in [-0.4, -0.2) is 26.0 Å². The molecule has 2 fully saturated rings. The van der Waals surface area contributed by atoms with Crippen molar-refractivity contribution in [3.8, 4) is 5.75 Å². The average Bonchev–Trinajstić information content (AvgIpc) is 2.69. The van der Waals surface area contributed by atoms with Gasteiger partial charge in [0, 0.05) is 16.4 Å². The molecule has 4 heteroatoms. The number of Topliss-reactive ketones (excluding diaryl/α,β-unsaturated/α-hetero) is 1. The number of hydrogen-bond acceptors (Lipinski definition) is 4. The van der Waals surface area contributed by atoms with Gasteiger partial charge >= 0.3 is 0 Å². The van der Waals surface area contributed by atoms with Gasteiger partial charge in [0.05, 0.1) is 10.1 Å². The van der Waals surface area contributed by atoms with Crippen molar-refractivity contribution in [1.82, 2.24) is 0 Å². The van der Waals surface area contributed by atoms with Gasteiger partial charge in [0.2, 0.25) is 0 Å². The van der Waals surface area contributed by atoms with Crippen molar-refractivity contribution in [3.63, 3.8) is 0 Å². The fourth-order valence-corrected chi connectivity index (χ4v) is 8.39. The second kappa shape index (κ2) is 10.8. The summed E-state index contributed by atoms with van der Waals surface area (Å²) in [6.07, 6.45) is 14.5. The van der Waals surface area contributed by atoms with Gasteiger partial charge in [-0.1, -0.05) is 57.6 Å². The molecule has 0 heterocycles. The molecule has 1 aromatic rings. The summed E-state index contributed by atoms with van der Waals surface area (Å²) >= 11 is 4.31. The highest BCUT2D eigenvalue weighted by molar-refractivity contribution is 8.17. The van der Waals surface area contributed by atoms with Gasteiger partial charge in [-0.25, -0.2) is 0 Å². The van der Waals surface area contributed by atoms with Gasteiger partial charge in [0.15, 0.2) is 5.78 Å². The number of thioether (sulfide) groups is 2. The van der Waals surface area contributed by atoms with E-state index in [1.165, 1.54) is 64.2 Å². The van der Waals surface area contributed by atoms with Gasteiger partial charge < -0.3 is 5.11 Å². The third-order valence-electron chi connectivity index (χ3n) is 5.96. The first-order valence-corrected chi connectivity index (χ1v) is 12.6. The molecule has 2 nitrogen and oxygen atoms in total. The molecule has 1 aromatic carbocycles. The lowest BCUT2D eigenvalue weighted by molar-refractivity contribution is 0.0924. The molecule has 3 rings (SSSR count). The Balaban J connectivity index is 1.63. The number of rotatable bonds is 8. The Labute approximate surface area is 173 Å². The maximum Gasteiger partial charge on any atom is 0.169 e. The fourth-order valence-electron chi connectivity index (χ4n) is 4.32. The predicted molar refractivity (Wildman–Crippen MR) is 119 cm³/mol. The third kappa shape index (κ3) is 6.45. The minimum absolute atomic E-state index is 0.0459. The molecule has 1 atom stereocenters. The van der Waals surface area contributed by atoms with Crippen LogP contribution in [0.3, 0.4) is 0 Å². The Bertz CT molecular complexity index is 572. The molecule has 2 aliphatic carbocycles. The SMILES string of the molecule is CC(CC(SC1CCCCC1)SC1CCCCC1)C(=O)c1ccccc1O. The van der Waals surface area contributed by atoms with Crippen LogP contribution in [0.5, 0.6) is 5.75 Å². The van der Waals surface area contributed by atoms with Crippen LogP contribution in [0.15, 0.2) is 24.3 Å². The highest BCUT2D eigenvalue weighted by Gasteiger charge is 2.28. The van der Waals surface area contributed by atoms with Crippen molar-refractivity contribution >= 4 is 29.3 Å². The highest BCUT2D eigenvalue weighted by atomic mass is 32.2. The lowest BCUT2D eigenvalue weighted by atomic mass is 9.96. The zero-order valence-electron chi connectivity index (χ0n) is 16.6. The van der Waals surface area contributed by atoms with Crippen LogP contribution in [0.2, 0.25) is 0 Å². The Morgan fingerprint density at radius 2 is 1.48 bits per heavy atom. The molecule has 1 N–H and O–H groups in total. The average molecular weight is 407 g/mol.